The smallest absolute Gasteiger partial charge is 0.271 e. The van der Waals surface area contributed by atoms with Crippen molar-refractivity contribution in [1.29, 1.82) is 0 Å². The average Bonchev–Trinajstić information content (AvgIpc) is 2.37. The van der Waals surface area contributed by atoms with Crippen LogP contribution in [0.4, 0.5) is 11.4 Å². The molecule has 0 fully saturated rings. The summed E-state index contributed by atoms with van der Waals surface area (Å²) in [6.45, 7) is 0. The van der Waals surface area contributed by atoms with Crippen LogP contribution < -0.4 is 5.32 Å². The normalized spacial score (nSPS) is 10.1. The molecule has 0 heterocycles. The Kier molecular flexibility index (Phi) is 4.22. The molecule has 0 aliphatic carbocycles. The van der Waals surface area contributed by atoms with E-state index in [-0.39, 0.29) is 11.3 Å². The number of halogens is 2. The third-order valence-corrected chi connectivity index (χ3v) is 2.88. The molecule has 0 saturated carbocycles. The lowest BCUT2D eigenvalue weighted by Gasteiger charge is -2.06. The Labute approximate surface area is 124 Å². The predicted octanol–water partition coefficient (Wildman–Crippen LogP) is 4.15. The number of nitrogens with zero attached hydrogens (tertiary/aromatic N) is 1. The van der Waals surface area contributed by atoms with Gasteiger partial charge in [-0.15, -0.1) is 0 Å². The summed E-state index contributed by atoms with van der Waals surface area (Å²) in [6.07, 6.45) is 0. The number of nitro groups is 1. The van der Waals surface area contributed by atoms with Crippen LogP contribution in [0.3, 0.4) is 0 Å². The van der Waals surface area contributed by atoms with Crippen molar-refractivity contribution >= 4 is 40.5 Å². The Morgan fingerprint density at radius 2 is 1.75 bits per heavy atom. The topological polar surface area (TPSA) is 72.2 Å². The first kappa shape index (κ1) is 14.3. The minimum atomic E-state index is -0.536. The number of hydrogen-bond donors (Lipinski definition) is 1. The highest BCUT2D eigenvalue weighted by atomic mass is 35.5. The van der Waals surface area contributed by atoms with E-state index >= 15 is 0 Å². The second kappa shape index (κ2) is 5.90. The zero-order valence-electron chi connectivity index (χ0n) is 9.97. The van der Waals surface area contributed by atoms with Gasteiger partial charge >= 0.3 is 0 Å². The van der Waals surface area contributed by atoms with Gasteiger partial charge in [0.1, 0.15) is 0 Å². The molecule has 5 nitrogen and oxygen atoms in total. The second-order valence-electron chi connectivity index (χ2n) is 3.92. The van der Waals surface area contributed by atoms with Crippen LogP contribution in [0.15, 0.2) is 42.5 Å². The molecule has 0 unspecified atom stereocenters. The number of carbonyl (C=O) groups is 1. The van der Waals surface area contributed by atoms with Gasteiger partial charge in [-0.3, -0.25) is 14.9 Å². The average molecular weight is 311 g/mol. The molecule has 0 aromatic heterocycles. The molecule has 2 rings (SSSR count). The van der Waals surface area contributed by atoms with Crippen LogP contribution in [-0.4, -0.2) is 10.8 Å². The Morgan fingerprint density at radius 1 is 1.10 bits per heavy atom. The molecule has 1 N–H and O–H groups in total. The molecule has 1 amide bonds. The summed E-state index contributed by atoms with van der Waals surface area (Å²) in [5, 5.41) is 13.9. The standard InChI is InChI=1S/C13H8Cl2N2O3/c14-9-4-8(5-10(15)6-9)13(18)16-11-2-1-3-12(7-11)17(19)20/h1-7H,(H,16,18). The molecule has 0 atom stereocenters. The summed E-state index contributed by atoms with van der Waals surface area (Å²) < 4.78 is 0. The molecule has 0 bridgehead atoms. The maximum absolute atomic E-state index is 12.0. The van der Waals surface area contributed by atoms with Gasteiger partial charge in [0.25, 0.3) is 11.6 Å². The summed E-state index contributed by atoms with van der Waals surface area (Å²) in [5.41, 5.74) is 0.487. The summed E-state index contributed by atoms with van der Waals surface area (Å²) in [7, 11) is 0. The molecule has 2 aromatic rings. The number of anilines is 1. The fraction of sp³-hybridized carbons (Fsp3) is 0. The molecule has 0 aliphatic rings. The summed E-state index contributed by atoms with van der Waals surface area (Å²) >= 11 is 11.6. The molecule has 20 heavy (non-hydrogen) atoms. The number of non-ortho nitro benzene ring substituents is 1. The number of benzene rings is 2. The lowest BCUT2D eigenvalue weighted by molar-refractivity contribution is -0.384. The maximum Gasteiger partial charge on any atom is 0.271 e. The Balaban J connectivity index is 2.23. The third kappa shape index (κ3) is 3.46. The van der Waals surface area contributed by atoms with Gasteiger partial charge < -0.3 is 5.32 Å². The van der Waals surface area contributed by atoms with Crippen molar-refractivity contribution in [2.45, 2.75) is 0 Å². The number of amides is 1. The Bertz CT molecular complexity index is 669. The van der Waals surface area contributed by atoms with Gasteiger partial charge in [0.15, 0.2) is 0 Å². The van der Waals surface area contributed by atoms with E-state index < -0.39 is 10.8 Å². The van der Waals surface area contributed by atoms with Gasteiger partial charge in [-0.05, 0) is 24.3 Å². The zero-order chi connectivity index (χ0) is 14.7. The van der Waals surface area contributed by atoms with Crippen molar-refractivity contribution in [3.8, 4) is 0 Å². The van der Waals surface area contributed by atoms with E-state index in [1.165, 1.54) is 36.4 Å². The minimum Gasteiger partial charge on any atom is -0.322 e. The van der Waals surface area contributed by atoms with Gasteiger partial charge in [0.05, 0.1) is 4.92 Å². The van der Waals surface area contributed by atoms with Gasteiger partial charge in [-0.25, -0.2) is 0 Å². The highest BCUT2D eigenvalue weighted by Crippen LogP contribution is 2.21. The number of rotatable bonds is 3. The summed E-state index contributed by atoms with van der Waals surface area (Å²) in [5.74, 6) is -0.449. The first-order chi connectivity index (χ1) is 9.45. The van der Waals surface area contributed by atoms with E-state index in [9.17, 15) is 14.9 Å². The quantitative estimate of drug-likeness (QED) is 0.683. The van der Waals surface area contributed by atoms with Crippen molar-refractivity contribution in [2.24, 2.45) is 0 Å². The Morgan fingerprint density at radius 3 is 2.35 bits per heavy atom. The van der Waals surface area contributed by atoms with Crippen LogP contribution in [0.1, 0.15) is 10.4 Å². The highest BCUT2D eigenvalue weighted by Gasteiger charge is 2.11. The van der Waals surface area contributed by atoms with Crippen LogP contribution in [0.2, 0.25) is 10.0 Å². The van der Waals surface area contributed by atoms with E-state index in [0.29, 0.717) is 15.7 Å². The second-order valence-corrected chi connectivity index (χ2v) is 4.79. The molecule has 0 aliphatic heterocycles. The summed E-state index contributed by atoms with van der Waals surface area (Å²) in [4.78, 5) is 22.1. The molecule has 7 heteroatoms. The zero-order valence-corrected chi connectivity index (χ0v) is 11.5. The minimum absolute atomic E-state index is 0.105. The maximum atomic E-state index is 12.0. The van der Waals surface area contributed by atoms with Gasteiger partial charge in [-0.2, -0.15) is 0 Å². The van der Waals surface area contributed by atoms with Crippen LogP contribution >= 0.6 is 23.2 Å². The third-order valence-electron chi connectivity index (χ3n) is 2.44. The Hall–Kier alpha value is -2.11. The van der Waals surface area contributed by atoms with Crippen molar-refractivity contribution in [2.75, 3.05) is 5.32 Å². The SMILES string of the molecule is O=C(Nc1cccc([N+](=O)[O-])c1)c1cc(Cl)cc(Cl)c1. The molecule has 102 valence electrons. The molecular formula is C13H8Cl2N2O3. The van der Waals surface area contributed by atoms with Gasteiger partial charge in [-0.1, -0.05) is 29.3 Å². The van der Waals surface area contributed by atoms with E-state index in [0.717, 1.165) is 0 Å². The number of carbonyl (C=O) groups excluding carboxylic acids is 1. The van der Waals surface area contributed by atoms with E-state index in [2.05, 4.69) is 5.32 Å². The van der Waals surface area contributed by atoms with Gasteiger partial charge in [0, 0.05) is 33.4 Å². The van der Waals surface area contributed by atoms with Crippen LogP contribution in [-0.2, 0) is 0 Å². The van der Waals surface area contributed by atoms with Crippen LogP contribution in [0, 0.1) is 10.1 Å². The van der Waals surface area contributed by atoms with Crippen molar-refractivity contribution in [3.05, 3.63) is 68.2 Å². The van der Waals surface area contributed by atoms with E-state index in [4.69, 9.17) is 23.2 Å². The highest BCUT2D eigenvalue weighted by molar-refractivity contribution is 6.35. The number of hydrogen-bond acceptors (Lipinski definition) is 3. The van der Waals surface area contributed by atoms with Crippen molar-refractivity contribution in [1.82, 2.24) is 0 Å². The van der Waals surface area contributed by atoms with Crippen LogP contribution in [0.5, 0.6) is 0 Å². The van der Waals surface area contributed by atoms with E-state index in [1.807, 2.05) is 0 Å². The molecule has 0 saturated heterocycles. The predicted molar refractivity (Wildman–Crippen MR) is 77.5 cm³/mol. The fourth-order valence-electron chi connectivity index (χ4n) is 1.59. The first-order valence-electron chi connectivity index (χ1n) is 5.47. The van der Waals surface area contributed by atoms with Crippen molar-refractivity contribution < 1.29 is 9.72 Å². The molecular weight excluding hydrogens is 303 g/mol. The first-order valence-corrected chi connectivity index (χ1v) is 6.23. The van der Waals surface area contributed by atoms with Gasteiger partial charge in [0.2, 0.25) is 0 Å². The lowest BCUT2D eigenvalue weighted by Crippen LogP contribution is -2.12. The molecule has 2 aromatic carbocycles. The number of nitrogens with one attached hydrogen (secondary N) is 1. The van der Waals surface area contributed by atoms with Crippen molar-refractivity contribution in [3.63, 3.8) is 0 Å². The fourth-order valence-corrected chi connectivity index (χ4v) is 2.11. The molecule has 0 radical (unpaired) electrons. The van der Waals surface area contributed by atoms with E-state index in [1.54, 1.807) is 6.07 Å². The van der Waals surface area contributed by atoms with Crippen LogP contribution in [0.25, 0.3) is 0 Å². The summed E-state index contributed by atoms with van der Waals surface area (Å²) in [6, 6.07) is 10.1. The largest absolute Gasteiger partial charge is 0.322 e. The lowest BCUT2D eigenvalue weighted by atomic mass is 10.2. The number of nitro benzene ring substituents is 1. The molecule has 0 spiro atoms. The monoisotopic (exact) mass is 310 g/mol.